The van der Waals surface area contributed by atoms with Crippen LogP contribution in [0.25, 0.3) is 10.4 Å². The second-order valence-electron chi connectivity index (χ2n) is 11.4. The number of hydrogen-bond donors (Lipinski definition) is 0. The van der Waals surface area contributed by atoms with Crippen molar-refractivity contribution in [2.24, 2.45) is 5.11 Å². The van der Waals surface area contributed by atoms with Crippen molar-refractivity contribution in [3.63, 3.8) is 0 Å². The molecule has 5 rings (SSSR count). The first kappa shape index (κ1) is 34.4. The fourth-order valence-corrected chi connectivity index (χ4v) is 6.72. The van der Waals surface area contributed by atoms with Gasteiger partial charge in [-0.1, -0.05) is 96.1 Å². The SMILES string of the molecule is CO[C@H]1[C@H](O[C@@H]2[C@@H](OCc3ccccc3)[C@H](C)O[C@@H](SC)[C@@H]2OCc2ccccc2)O[C@H](C)[C@@H](N=[N+]=[N-])[C@@H]1OCc1ccccc1. The fraction of sp³-hybridized carbons (Fsp3) is 0.486. The molecule has 2 saturated heterocycles. The molecule has 10 atom stereocenters. The van der Waals surface area contributed by atoms with E-state index < -0.39 is 49.0 Å². The van der Waals surface area contributed by atoms with Gasteiger partial charge in [-0.25, -0.2) is 0 Å². The Kier molecular flexibility index (Phi) is 12.9. The number of methoxy groups -OCH3 is 1. The van der Waals surface area contributed by atoms with Crippen molar-refractivity contribution in [2.45, 2.75) is 94.2 Å². The maximum atomic E-state index is 9.41. The second-order valence-corrected chi connectivity index (χ2v) is 12.4. The van der Waals surface area contributed by atoms with Crippen molar-refractivity contribution >= 4 is 11.8 Å². The molecular formula is C35H43N3O7S. The monoisotopic (exact) mass is 649 g/mol. The van der Waals surface area contributed by atoms with E-state index in [1.807, 2.05) is 111 Å². The molecule has 0 bridgehead atoms. The Bertz CT molecular complexity index is 1370. The van der Waals surface area contributed by atoms with Gasteiger partial charge in [0.2, 0.25) is 0 Å². The third-order valence-electron chi connectivity index (χ3n) is 8.32. The highest BCUT2D eigenvalue weighted by atomic mass is 32.2. The lowest BCUT2D eigenvalue weighted by atomic mass is 9.96. The molecule has 11 heteroatoms. The van der Waals surface area contributed by atoms with Crippen molar-refractivity contribution in [2.75, 3.05) is 13.4 Å². The van der Waals surface area contributed by atoms with Gasteiger partial charge in [0.15, 0.2) is 6.29 Å². The van der Waals surface area contributed by atoms with Crippen LogP contribution in [0.15, 0.2) is 96.1 Å². The average Bonchev–Trinajstić information content (AvgIpc) is 3.09. The zero-order valence-corrected chi connectivity index (χ0v) is 27.5. The molecule has 3 aromatic carbocycles. The van der Waals surface area contributed by atoms with Crippen LogP contribution in [0.2, 0.25) is 0 Å². The number of ether oxygens (including phenoxy) is 7. The topological polar surface area (TPSA) is 113 Å². The first-order valence-corrected chi connectivity index (χ1v) is 16.8. The quantitative estimate of drug-likeness (QED) is 0.108. The van der Waals surface area contributed by atoms with Crippen LogP contribution in [0.5, 0.6) is 0 Å². The van der Waals surface area contributed by atoms with Gasteiger partial charge in [-0.15, -0.1) is 11.8 Å². The largest absolute Gasteiger partial charge is 0.373 e. The maximum Gasteiger partial charge on any atom is 0.187 e. The van der Waals surface area contributed by atoms with Crippen molar-refractivity contribution in [3.05, 3.63) is 118 Å². The van der Waals surface area contributed by atoms with Crippen LogP contribution in [0.4, 0.5) is 0 Å². The molecule has 0 N–H and O–H groups in total. The number of rotatable bonds is 14. The molecular weight excluding hydrogens is 606 g/mol. The standard InChI is InChI=1S/C35H43N3O7S/c1-23-28(37-38-36)30(41-21-26-16-10-6-11-17-26)32(39-3)34(43-23)45-31-29(40-20-25-14-8-5-9-15-25)24(2)44-35(46-4)33(31)42-22-27-18-12-7-13-19-27/h5-19,23-24,28-35H,20-22H2,1-4H3/t23-,24+,28-,29+,30+,31-,32-,33-,34+,35+/m1/s1. The molecule has 2 fully saturated rings. The van der Waals surface area contributed by atoms with Crippen LogP contribution in [0, 0.1) is 0 Å². The molecule has 3 aromatic rings. The summed E-state index contributed by atoms with van der Waals surface area (Å²) in [6, 6.07) is 29.2. The molecule has 0 spiro atoms. The minimum Gasteiger partial charge on any atom is -0.373 e. The summed E-state index contributed by atoms with van der Waals surface area (Å²) < 4.78 is 45.4. The summed E-state index contributed by atoms with van der Waals surface area (Å²) in [6.45, 7) is 4.88. The van der Waals surface area contributed by atoms with E-state index in [1.54, 1.807) is 18.9 Å². The summed E-state index contributed by atoms with van der Waals surface area (Å²) in [6.07, 6.45) is -2.69. The molecule has 2 aliphatic heterocycles. The smallest absolute Gasteiger partial charge is 0.187 e. The van der Waals surface area contributed by atoms with Crippen molar-refractivity contribution < 1.29 is 33.2 Å². The number of hydrogen-bond acceptors (Lipinski definition) is 9. The highest BCUT2D eigenvalue weighted by molar-refractivity contribution is 7.99. The molecule has 0 aromatic heterocycles. The van der Waals surface area contributed by atoms with Crippen LogP contribution in [-0.4, -0.2) is 73.9 Å². The van der Waals surface area contributed by atoms with Crippen LogP contribution >= 0.6 is 11.8 Å². The van der Waals surface area contributed by atoms with Gasteiger partial charge in [0, 0.05) is 12.0 Å². The zero-order valence-electron chi connectivity index (χ0n) is 26.7. The number of azide groups is 1. The summed E-state index contributed by atoms with van der Waals surface area (Å²) in [5, 5.41) is 4.05. The average molecular weight is 650 g/mol. The summed E-state index contributed by atoms with van der Waals surface area (Å²) >= 11 is 1.56. The van der Waals surface area contributed by atoms with Gasteiger partial charge >= 0.3 is 0 Å². The van der Waals surface area contributed by atoms with E-state index in [2.05, 4.69) is 10.0 Å². The van der Waals surface area contributed by atoms with Gasteiger partial charge in [-0.3, -0.25) is 0 Å². The fourth-order valence-electron chi connectivity index (χ4n) is 5.93. The van der Waals surface area contributed by atoms with Crippen molar-refractivity contribution in [3.8, 4) is 0 Å². The number of nitrogens with zero attached hydrogens (tertiary/aromatic N) is 3. The van der Waals surface area contributed by atoms with Crippen LogP contribution in [0.1, 0.15) is 30.5 Å². The molecule has 2 aliphatic rings. The lowest BCUT2D eigenvalue weighted by molar-refractivity contribution is -0.332. The predicted molar refractivity (Wildman–Crippen MR) is 176 cm³/mol. The van der Waals surface area contributed by atoms with Crippen molar-refractivity contribution in [1.29, 1.82) is 0 Å². The minimum absolute atomic E-state index is 0.302. The highest BCUT2D eigenvalue weighted by Crippen LogP contribution is 2.37. The van der Waals surface area contributed by atoms with E-state index in [9.17, 15) is 5.53 Å². The summed E-state index contributed by atoms with van der Waals surface area (Å²) in [5.74, 6) is 0. The third-order valence-corrected chi connectivity index (χ3v) is 9.17. The molecule has 0 amide bonds. The molecule has 2 heterocycles. The summed E-state index contributed by atoms with van der Waals surface area (Å²) in [7, 11) is 1.58. The van der Waals surface area contributed by atoms with E-state index in [4.69, 9.17) is 33.2 Å². The normalized spacial score (nSPS) is 31.2. The Hall–Kier alpha value is -2.96. The Morgan fingerprint density at radius 2 is 1.17 bits per heavy atom. The van der Waals surface area contributed by atoms with E-state index in [0.717, 1.165) is 16.7 Å². The van der Waals surface area contributed by atoms with Crippen LogP contribution in [0.3, 0.4) is 0 Å². The molecule has 246 valence electrons. The first-order chi connectivity index (χ1) is 22.5. The molecule has 46 heavy (non-hydrogen) atoms. The Labute approximate surface area is 275 Å². The molecule has 0 saturated carbocycles. The van der Waals surface area contributed by atoms with Gasteiger partial charge in [0.25, 0.3) is 0 Å². The molecule has 0 aliphatic carbocycles. The van der Waals surface area contributed by atoms with Crippen LogP contribution < -0.4 is 0 Å². The zero-order chi connectivity index (χ0) is 32.3. The molecule has 0 radical (unpaired) electrons. The predicted octanol–water partition coefficient (Wildman–Crippen LogP) is 6.67. The minimum atomic E-state index is -0.880. The molecule has 0 unspecified atom stereocenters. The Morgan fingerprint density at radius 3 is 1.65 bits per heavy atom. The molecule has 10 nitrogen and oxygen atoms in total. The summed E-state index contributed by atoms with van der Waals surface area (Å²) in [5.41, 5.74) is 12.1. The van der Waals surface area contributed by atoms with Gasteiger partial charge in [0.1, 0.15) is 36.0 Å². The first-order valence-electron chi connectivity index (χ1n) is 15.5. The lowest BCUT2D eigenvalue weighted by Crippen LogP contribution is -2.63. The van der Waals surface area contributed by atoms with E-state index in [1.165, 1.54) is 0 Å². The van der Waals surface area contributed by atoms with E-state index >= 15 is 0 Å². The summed E-state index contributed by atoms with van der Waals surface area (Å²) in [4.78, 5) is 3.10. The van der Waals surface area contributed by atoms with E-state index in [0.29, 0.717) is 19.8 Å². The van der Waals surface area contributed by atoms with Gasteiger partial charge in [-0.2, -0.15) is 0 Å². The number of thioether (sulfide) groups is 1. The van der Waals surface area contributed by atoms with Crippen LogP contribution in [-0.2, 0) is 53.0 Å². The van der Waals surface area contributed by atoms with Gasteiger partial charge < -0.3 is 33.2 Å². The van der Waals surface area contributed by atoms with Gasteiger partial charge in [0.05, 0.1) is 38.1 Å². The van der Waals surface area contributed by atoms with E-state index in [-0.39, 0.29) is 11.5 Å². The number of benzene rings is 3. The maximum absolute atomic E-state index is 9.41. The second kappa shape index (κ2) is 17.3. The van der Waals surface area contributed by atoms with Gasteiger partial charge in [-0.05, 0) is 42.3 Å². The lowest BCUT2D eigenvalue weighted by Gasteiger charge is -2.49. The van der Waals surface area contributed by atoms with Crippen molar-refractivity contribution in [1.82, 2.24) is 0 Å². The Morgan fingerprint density at radius 1 is 0.674 bits per heavy atom. The Balaban J connectivity index is 1.43. The third kappa shape index (κ3) is 8.68. The highest BCUT2D eigenvalue weighted by Gasteiger charge is 2.52.